The molecule has 0 radical (unpaired) electrons. The van der Waals surface area contributed by atoms with E-state index in [1.54, 1.807) is 23.3 Å². The number of carbonyl (C=O) groups is 2. The summed E-state index contributed by atoms with van der Waals surface area (Å²) in [5.41, 5.74) is 6.89. The molecule has 4 N–H and O–H groups in total. The Morgan fingerprint density at radius 1 is 0.974 bits per heavy atom. The first-order valence-corrected chi connectivity index (χ1v) is 11.8. The Labute approximate surface area is 219 Å². The molecule has 0 aliphatic carbocycles. The van der Waals surface area contributed by atoms with Gasteiger partial charge in [-0.1, -0.05) is 42.5 Å². The van der Waals surface area contributed by atoms with Crippen molar-refractivity contribution in [3.05, 3.63) is 77.6 Å². The van der Waals surface area contributed by atoms with Gasteiger partial charge in [-0.15, -0.1) is 5.53 Å². The number of methoxy groups -OCH3 is 3. The lowest BCUT2D eigenvalue weighted by atomic mass is 9.99. The molecule has 0 saturated carbocycles. The van der Waals surface area contributed by atoms with E-state index in [4.69, 9.17) is 14.2 Å². The predicted molar refractivity (Wildman–Crippen MR) is 140 cm³/mol. The molecule has 1 aliphatic rings. The molecular formula is C27H28N6O5. The van der Waals surface area contributed by atoms with Gasteiger partial charge in [0.05, 0.1) is 39.5 Å². The van der Waals surface area contributed by atoms with Crippen LogP contribution in [-0.2, 0) is 4.79 Å². The summed E-state index contributed by atoms with van der Waals surface area (Å²) in [6.07, 6.45) is 1.57. The number of carbonyl (C=O) groups excluding carboxylic acids is 2. The van der Waals surface area contributed by atoms with Crippen molar-refractivity contribution in [3.63, 3.8) is 0 Å². The Balaban J connectivity index is 1.35. The van der Waals surface area contributed by atoms with Crippen LogP contribution in [0, 0.1) is 11.3 Å². The number of benzene rings is 3. The first kappa shape index (κ1) is 26.1. The number of rotatable bonds is 10. The summed E-state index contributed by atoms with van der Waals surface area (Å²) in [7, 11) is 4.41. The molecule has 196 valence electrons. The number of ether oxygens (including phenoxy) is 3. The maximum absolute atomic E-state index is 12.9. The molecule has 0 aromatic heterocycles. The van der Waals surface area contributed by atoms with E-state index in [1.165, 1.54) is 21.3 Å². The van der Waals surface area contributed by atoms with Gasteiger partial charge in [0.15, 0.2) is 11.5 Å². The van der Waals surface area contributed by atoms with E-state index in [-0.39, 0.29) is 23.9 Å². The van der Waals surface area contributed by atoms with Crippen molar-refractivity contribution < 1.29 is 23.8 Å². The molecule has 11 heteroatoms. The van der Waals surface area contributed by atoms with Crippen molar-refractivity contribution in [1.82, 2.24) is 26.6 Å². The average Bonchev–Trinajstić information content (AvgIpc) is 3.43. The summed E-state index contributed by atoms with van der Waals surface area (Å²) in [6, 6.07) is 17.9. The van der Waals surface area contributed by atoms with Gasteiger partial charge in [0, 0.05) is 12.7 Å². The Bertz CT molecular complexity index is 1410. The lowest BCUT2D eigenvalue weighted by molar-refractivity contribution is -0.118. The standard InChI is InChI=1S/C27H28N6O5/c1-36-23-12-11-20(24(37-2)25(23)38-3)26(34)29-13-14-33-16-22(31-32-33)27(35)30-21(15-28)19-10-6-8-17-7-4-5-9-18(17)19/h4-12,16,21,31-32H,13-14H2,1-3H3,(H,29,34)(H,30,35). The largest absolute Gasteiger partial charge is 0.493 e. The fourth-order valence-electron chi connectivity index (χ4n) is 4.14. The van der Waals surface area contributed by atoms with Gasteiger partial charge in [0.25, 0.3) is 11.8 Å². The lowest BCUT2D eigenvalue weighted by Gasteiger charge is -2.17. The van der Waals surface area contributed by atoms with Crippen molar-refractivity contribution in [2.24, 2.45) is 0 Å². The van der Waals surface area contributed by atoms with Crippen LogP contribution in [0.5, 0.6) is 17.2 Å². The first-order valence-electron chi connectivity index (χ1n) is 11.8. The number of nitriles is 1. The van der Waals surface area contributed by atoms with E-state index in [2.05, 4.69) is 27.7 Å². The lowest BCUT2D eigenvalue weighted by Crippen LogP contribution is -2.42. The maximum atomic E-state index is 12.9. The third kappa shape index (κ3) is 5.40. The molecule has 1 heterocycles. The van der Waals surface area contributed by atoms with Gasteiger partial charge in [0.1, 0.15) is 11.7 Å². The molecule has 1 aliphatic heterocycles. The molecule has 0 saturated heterocycles. The second-order valence-corrected chi connectivity index (χ2v) is 8.21. The summed E-state index contributed by atoms with van der Waals surface area (Å²) in [5, 5.41) is 18.8. The highest BCUT2D eigenvalue weighted by Crippen LogP contribution is 2.39. The summed E-state index contributed by atoms with van der Waals surface area (Å²) < 4.78 is 16.0. The van der Waals surface area contributed by atoms with Crippen LogP contribution in [0.2, 0.25) is 0 Å². The van der Waals surface area contributed by atoms with E-state index in [1.807, 2.05) is 42.5 Å². The van der Waals surface area contributed by atoms with Crippen LogP contribution >= 0.6 is 0 Å². The number of fused-ring (bicyclic) bond motifs is 1. The highest BCUT2D eigenvalue weighted by Gasteiger charge is 2.23. The normalized spacial score (nSPS) is 13.1. The SMILES string of the molecule is COc1ccc(C(=O)NCCN2C=C(C(=O)NC(C#N)c3cccc4ccccc34)NN2)c(OC)c1OC. The highest BCUT2D eigenvalue weighted by molar-refractivity contribution is 5.98. The fourth-order valence-corrected chi connectivity index (χ4v) is 4.14. The number of nitrogens with one attached hydrogen (secondary N) is 4. The van der Waals surface area contributed by atoms with E-state index in [9.17, 15) is 14.9 Å². The van der Waals surface area contributed by atoms with E-state index < -0.39 is 11.9 Å². The molecule has 3 aromatic rings. The third-order valence-electron chi connectivity index (χ3n) is 5.99. The molecule has 1 atom stereocenters. The smallest absolute Gasteiger partial charge is 0.271 e. The van der Waals surface area contributed by atoms with Crippen molar-refractivity contribution >= 4 is 22.6 Å². The molecule has 0 spiro atoms. The van der Waals surface area contributed by atoms with Crippen LogP contribution in [0.1, 0.15) is 22.0 Å². The Morgan fingerprint density at radius 3 is 2.47 bits per heavy atom. The van der Waals surface area contributed by atoms with Gasteiger partial charge < -0.3 is 24.8 Å². The second-order valence-electron chi connectivity index (χ2n) is 8.21. The molecule has 4 rings (SSSR count). The van der Waals surface area contributed by atoms with Gasteiger partial charge in [-0.3, -0.25) is 20.0 Å². The minimum atomic E-state index is -0.832. The van der Waals surface area contributed by atoms with Crippen LogP contribution in [0.4, 0.5) is 0 Å². The fraction of sp³-hybridized carbons (Fsp3) is 0.222. The minimum absolute atomic E-state index is 0.235. The van der Waals surface area contributed by atoms with E-state index in [0.29, 0.717) is 23.6 Å². The van der Waals surface area contributed by atoms with Crippen LogP contribution in [0.15, 0.2) is 66.5 Å². The highest BCUT2D eigenvalue weighted by atomic mass is 16.5. The van der Waals surface area contributed by atoms with Gasteiger partial charge in [0.2, 0.25) is 5.75 Å². The van der Waals surface area contributed by atoms with Gasteiger partial charge in [-0.05, 0) is 28.5 Å². The van der Waals surface area contributed by atoms with E-state index >= 15 is 0 Å². The second kappa shape index (κ2) is 11.9. The molecule has 1 unspecified atom stereocenters. The molecule has 0 fully saturated rings. The molecule has 2 amide bonds. The molecular weight excluding hydrogens is 488 g/mol. The van der Waals surface area contributed by atoms with Crippen molar-refractivity contribution in [1.29, 1.82) is 5.26 Å². The maximum Gasteiger partial charge on any atom is 0.271 e. The van der Waals surface area contributed by atoms with E-state index in [0.717, 1.165) is 16.3 Å². The molecule has 11 nitrogen and oxygen atoms in total. The number of hydrazine groups is 2. The Hall–Kier alpha value is -4.95. The van der Waals surface area contributed by atoms with Crippen LogP contribution < -0.4 is 35.8 Å². The molecule has 3 aromatic carbocycles. The van der Waals surface area contributed by atoms with Crippen LogP contribution in [0.25, 0.3) is 10.8 Å². The quantitative estimate of drug-likeness (QED) is 0.319. The van der Waals surface area contributed by atoms with Crippen LogP contribution in [0.3, 0.4) is 0 Å². The zero-order valence-electron chi connectivity index (χ0n) is 21.2. The third-order valence-corrected chi connectivity index (χ3v) is 5.99. The Morgan fingerprint density at radius 2 is 1.74 bits per heavy atom. The van der Waals surface area contributed by atoms with Crippen molar-refractivity contribution in [2.45, 2.75) is 6.04 Å². The first-order chi connectivity index (χ1) is 18.5. The number of hydrogen-bond donors (Lipinski definition) is 4. The van der Waals surface area contributed by atoms with Crippen LogP contribution in [-0.4, -0.2) is 51.2 Å². The predicted octanol–water partition coefficient (Wildman–Crippen LogP) is 2.14. The summed E-state index contributed by atoms with van der Waals surface area (Å²) in [6.45, 7) is 0.601. The summed E-state index contributed by atoms with van der Waals surface area (Å²) in [5.74, 6) is 0.235. The molecule has 0 bridgehead atoms. The van der Waals surface area contributed by atoms with Crippen molar-refractivity contribution in [3.8, 4) is 23.3 Å². The zero-order valence-corrected chi connectivity index (χ0v) is 21.2. The van der Waals surface area contributed by atoms with Gasteiger partial charge >= 0.3 is 0 Å². The summed E-state index contributed by atoms with van der Waals surface area (Å²) in [4.78, 5) is 25.6. The topological polar surface area (TPSA) is 137 Å². The molecule has 38 heavy (non-hydrogen) atoms. The number of hydrogen-bond acceptors (Lipinski definition) is 9. The minimum Gasteiger partial charge on any atom is -0.493 e. The zero-order chi connectivity index (χ0) is 27.1. The number of amides is 2. The average molecular weight is 517 g/mol. The Kier molecular flexibility index (Phi) is 8.15. The summed E-state index contributed by atoms with van der Waals surface area (Å²) >= 11 is 0. The number of nitrogens with zero attached hydrogens (tertiary/aromatic N) is 2. The van der Waals surface area contributed by atoms with Gasteiger partial charge in [-0.25, -0.2) is 0 Å². The van der Waals surface area contributed by atoms with Crippen molar-refractivity contribution in [2.75, 3.05) is 34.4 Å². The monoisotopic (exact) mass is 516 g/mol. The van der Waals surface area contributed by atoms with Gasteiger partial charge in [-0.2, -0.15) is 5.26 Å².